The van der Waals surface area contributed by atoms with Crippen LogP contribution in [-0.2, 0) is 14.3 Å². The van der Waals surface area contributed by atoms with Crippen molar-refractivity contribution in [2.24, 2.45) is 5.41 Å². The lowest BCUT2D eigenvalue weighted by atomic mass is 9.82. The zero-order valence-corrected chi connectivity index (χ0v) is 9.86. The van der Waals surface area contributed by atoms with Crippen LogP contribution < -0.4 is 0 Å². The molecule has 0 aliphatic carbocycles. The fourth-order valence-corrected chi connectivity index (χ4v) is 1.97. The number of likely N-dealkylation sites (tertiary alicyclic amines) is 1. The number of rotatable bonds is 4. The van der Waals surface area contributed by atoms with Gasteiger partial charge in [0.25, 0.3) is 0 Å². The molecule has 1 aliphatic heterocycles. The van der Waals surface area contributed by atoms with E-state index in [1.165, 1.54) is 0 Å². The van der Waals surface area contributed by atoms with Gasteiger partial charge in [-0.05, 0) is 19.8 Å². The van der Waals surface area contributed by atoms with Crippen molar-refractivity contribution in [2.45, 2.75) is 26.2 Å². The third-order valence-electron chi connectivity index (χ3n) is 3.09. The van der Waals surface area contributed by atoms with Crippen molar-refractivity contribution in [3.8, 4) is 0 Å². The largest absolute Gasteiger partial charge is 0.481 e. The summed E-state index contributed by atoms with van der Waals surface area (Å²) < 4.78 is 4.84. The molecule has 1 rings (SSSR count). The molecule has 1 amide bonds. The zero-order chi connectivity index (χ0) is 12.2. The van der Waals surface area contributed by atoms with Gasteiger partial charge < -0.3 is 14.7 Å². The molecule has 1 atom stereocenters. The minimum Gasteiger partial charge on any atom is -0.481 e. The van der Waals surface area contributed by atoms with Crippen LogP contribution in [0.15, 0.2) is 0 Å². The summed E-state index contributed by atoms with van der Waals surface area (Å²) in [5, 5.41) is 9.11. The van der Waals surface area contributed by atoms with Gasteiger partial charge in [0.15, 0.2) is 0 Å². The molecule has 0 aromatic rings. The molecular weight excluding hydrogens is 210 g/mol. The van der Waals surface area contributed by atoms with Crippen LogP contribution in [0.2, 0.25) is 0 Å². The summed E-state index contributed by atoms with van der Waals surface area (Å²) in [7, 11) is 1.55. The van der Waals surface area contributed by atoms with E-state index in [0.29, 0.717) is 32.5 Å². The quantitative estimate of drug-likeness (QED) is 0.772. The number of carboxylic acids is 1. The van der Waals surface area contributed by atoms with Gasteiger partial charge >= 0.3 is 5.97 Å². The summed E-state index contributed by atoms with van der Waals surface area (Å²) >= 11 is 0. The molecule has 16 heavy (non-hydrogen) atoms. The van der Waals surface area contributed by atoms with Crippen molar-refractivity contribution in [3.05, 3.63) is 0 Å². The van der Waals surface area contributed by atoms with Crippen LogP contribution in [-0.4, -0.2) is 48.7 Å². The Labute approximate surface area is 95.4 Å². The van der Waals surface area contributed by atoms with Gasteiger partial charge in [-0.25, -0.2) is 0 Å². The van der Waals surface area contributed by atoms with E-state index in [9.17, 15) is 9.59 Å². The fourth-order valence-electron chi connectivity index (χ4n) is 1.97. The van der Waals surface area contributed by atoms with Gasteiger partial charge in [-0.1, -0.05) is 0 Å². The molecule has 1 N–H and O–H groups in total. The normalized spacial score (nSPS) is 25.5. The highest BCUT2D eigenvalue weighted by Gasteiger charge is 2.39. The summed E-state index contributed by atoms with van der Waals surface area (Å²) in [5.74, 6) is -0.842. The van der Waals surface area contributed by atoms with Crippen LogP contribution >= 0.6 is 0 Å². The van der Waals surface area contributed by atoms with Gasteiger partial charge in [0.05, 0.1) is 18.4 Å². The molecule has 1 heterocycles. The minimum absolute atomic E-state index is 0.0194. The Morgan fingerprint density at radius 1 is 1.50 bits per heavy atom. The number of hydrogen-bond acceptors (Lipinski definition) is 3. The van der Waals surface area contributed by atoms with Gasteiger partial charge in [0, 0.05) is 20.2 Å². The number of piperidine rings is 1. The van der Waals surface area contributed by atoms with Crippen molar-refractivity contribution in [3.63, 3.8) is 0 Å². The maximum absolute atomic E-state index is 11.7. The molecule has 0 spiro atoms. The molecule has 5 heteroatoms. The van der Waals surface area contributed by atoms with Gasteiger partial charge in [0.2, 0.25) is 5.91 Å². The van der Waals surface area contributed by atoms with Crippen LogP contribution in [0.4, 0.5) is 0 Å². The molecule has 1 aliphatic rings. The lowest BCUT2D eigenvalue weighted by molar-refractivity contribution is -0.153. The molecule has 5 nitrogen and oxygen atoms in total. The highest BCUT2D eigenvalue weighted by molar-refractivity contribution is 5.79. The van der Waals surface area contributed by atoms with E-state index >= 15 is 0 Å². The molecule has 1 saturated heterocycles. The van der Waals surface area contributed by atoms with Crippen molar-refractivity contribution < 1.29 is 19.4 Å². The van der Waals surface area contributed by atoms with Crippen molar-refractivity contribution in [1.82, 2.24) is 4.90 Å². The lowest BCUT2D eigenvalue weighted by Gasteiger charge is -2.37. The Morgan fingerprint density at radius 3 is 2.75 bits per heavy atom. The first-order valence-corrected chi connectivity index (χ1v) is 5.50. The number of aliphatic carboxylic acids is 1. The second kappa shape index (κ2) is 5.30. The summed E-state index contributed by atoms with van der Waals surface area (Å²) in [5.41, 5.74) is -0.791. The molecular formula is C11H19NO4. The van der Waals surface area contributed by atoms with E-state index in [2.05, 4.69) is 0 Å². The molecule has 0 saturated carbocycles. The number of carbonyl (C=O) groups excluding carboxylic acids is 1. The van der Waals surface area contributed by atoms with Crippen LogP contribution in [0, 0.1) is 5.41 Å². The first-order chi connectivity index (χ1) is 7.49. The van der Waals surface area contributed by atoms with Gasteiger partial charge in [-0.3, -0.25) is 9.59 Å². The summed E-state index contributed by atoms with van der Waals surface area (Å²) in [6.45, 7) is 3.06. The second-order valence-corrected chi connectivity index (χ2v) is 4.53. The Hall–Kier alpha value is -1.10. The zero-order valence-electron chi connectivity index (χ0n) is 9.86. The molecule has 0 aromatic carbocycles. The molecule has 0 aromatic heterocycles. The average Bonchev–Trinajstić information content (AvgIpc) is 2.25. The van der Waals surface area contributed by atoms with Crippen LogP contribution in [0.25, 0.3) is 0 Å². The molecule has 0 radical (unpaired) electrons. The number of carbonyl (C=O) groups is 2. The number of amides is 1. The van der Waals surface area contributed by atoms with E-state index in [1.807, 2.05) is 0 Å². The smallest absolute Gasteiger partial charge is 0.311 e. The topological polar surface area (TPSA) is 66.8 Å². The predicted molar refractivity (Wildman–Crippen MR) is 58.0 cm³/mol. The van der Waals surface area contributed by atoms with Crippen LogP contribution in [0.3, 0.4) is 0 Å². The molecule has 1 unspecified atom stereocenters. The Bertz CT molecular complexity index is 279. The summed E-state index contributed by atoms with van der Waals surface area (Å²) in [6.07, 6.45) is 1.71. The minimum atomic E-state index is -0.822. The third-order valence-corrected chi connectivity index (χ3v) is 3.09. The first kappa shape index (κ1) is 13.0. The number of carboxylic acid groups (broad SMARTS) is 1. The van der Waals surface area contributed by atoms with Gasteiger partial charge in [0.1, 0.15) is 0 Å². The van der Waals surface area contributed by atoms with Gasteiger partial charge in [-0.15, -0.1) is 0 Å². The Morgan fingerprint density at radius 2 is 2.19 bits per heavy atom. The van der Waals surface area contributed by atoms with E-state index < -0.39 is 11.4 Å². The maximum Gasteiger partial charge on any atom is 0.311 e. The molecule has 0 bridgehead atoms. The molecule has 1 fully saturated rings. The Balaban J connectivity index is 2.56. The average molecular weight is 229 g/mol. The monoisotopic (exact) mass is 229 g/mol. The van der Waals surface area contributed by atoms with E-state index in [0.717, 1.165) is 6.42 Å². The van der Waals surface area contributed by atoms with Crippen LogP contribution in [0.5, 0.6) is 0 Å². The lowest BCUT2D eigenvalue weighted by Crippen LogP contribution is -2.48. The van der Waals surface area contributed by atoms with Crippen molar-refractivity contribution >= 4 is 11.9 Å². The standard InChI is InChI=1S/C11H19NO4/c1-11(10(14)15)5-3-6-12(8-11)9(13)4-7-16-2/h3-8H2,1-2H3,(H,14,15). The van der Waals surface area contributed by atoms with E-state index in [-0.39, 0.29) is 5.91 Å². The van der Waals surface area contributed by atoms with E-state index in [4.69, 9.17) is 9.84 Å². The van der Waals surface area contributed by atoms with E-state index in [1.54, 1.807) is 18.9 Å². The number of methoxy groups -OCH3 is 1. The van der Waals surface area contributed by atoms with Gasteiger partial charge in [-0.2, -0.15) is 0 Å². The van der Waals surface area contributed by atoms with Crippen molar-refractivity contribution in [2.75, 3.05) is 26.8 Å². The fraction of sp³-hybridized carbons (Fsp3) is 0.818. The third kappa shape index (κ3) is 2.95. The number of hydrogen-bond donors (Lipinski definition) is 1. The SMILES string of the molecule is COCCC(=O)N1CCCC(C)(C(=O)O)C1. The van der Waals surface area contributed by atoms with Crippen molar-refractivity contribution in [1.29, 1.82) is 0 Å². The number of nitrogens with zero attached hydrogens (tertiary/aromatic N) is 1. The number of ether oxygens (including phenoxy) is 1. The predicted octanol–water partition coefficient (Wildman–Crippen LogP) is 0.736. The van der Waals surface area contributed by atoms with Crippen LogP contribution in [0.1, 0.15) is 26.2 Å². The molecule has 92 valence electrons. The summed E-state index contributed by atoms with van der Waals surface area (Å²) in [4.78, 5) is 24.5. The second-order valence-electron chi connectivity index (χ2n) is 4.53. The maximum atomic E-state index is 11.7. The Kier molecular flexibility index (Phi) is 4.29. The highest BCUT2D eigenvalue weighted by atomic mass is 16.5. The first-order valence-electron chi connectivity index (χ1n) is 5.50. The summed E-state index contributed by atoms with van der Waals surface area (Å²) in [6, 6.07) is 0. The highest BCUT2D eigenvalue weighted by Crippen LogP contribution is 2.29.